The second kappa shape index (κ2) is 4.26. The van der Waals surface area contributed by atoms with Crippen LogP contribution in [0.5, 0.6) is 0 Å². The monoisotopic (exact) mass is 292 g/mol. The van der Waals surface area contributed by atoms with Crippen LogP contribution >= 0.6 is 23.2 Å². The van der Waals surface area contributed by atoms with Gasteiger partial charge in [0.1, 0.15) is 0 Å². The summed E-state index contributed by atoms with van der Waals surface area (Å²) < 4.78 is 23.8. The first-order valence-electron chi connectivity index (χ1n) is 4.28. The first-order valence-corrected chi connectivity index (χ1v) is 6.64. The largest absolute Gasteiger partial charge is 0.258 e. The fraction of sp³-hybridized carbons (Fsp3) is 0. The average molecular weight is 293 g/mol. The zero-order valence-electron chi connectivity index (χ0n) is 8.21. The summed E-state index contributed by atoms with van der Waals surface area (Å²) >= 11 is 11.1. The number of nitrogens with zero attached hydrogens (tertiary/aromatic N) is 3. The minimum Gasteiger partial charge on any atom is -0.223 e. The van der Waals surface area contributed by atoms with Crippen LogP contribution in [0.1, 0.15) is 5.69 Å². The summed E-state index contributed by atoms with van der Waals surface area (Å²) in [6.45, 7) is 0. The molecule has 0 atom stereocenters. The van der Waals surface area contributed by atoms with E-state index < -0.39 is 10.0 Å². The summed E-state index contributed by atoms with van der Waals surface area (Å²) in [5.74, 6) is 0. The van der Waals surface area contributed by atoms with E-state index >= 15 is 0 Å². The summed E-state index contributed by atoms with van der Waals surface area (Å²) in [7, 11) is -4.00. The predicted molar refractivity (Wildman–Crippen MR) is 64.3 cm³/mol. The minimum atomic E-state index is -4.00. The van der Waals surface area contributed by atoms with Crippen LogP contribution in [0.4, 0.5) is 0 Å². The Morgan fingerprint density at radius 2 is 2.12 bits per heavy atom. The molecule has 0 aliphatic heterocycles. The van der Waals surface area contributed by atoms with Crippen molar-refractivity contribution in [3.63, 3.8) is 0 Å². The minimum absolute atomic E-state index is 0.216. The number of primary sulfonamides is 1. The van der Waals surface area contributed by atoms with Crippen LogP contribution in [0, 0.1) is 0 Å². The molecule has 0 bridgehead atoms. The molecule has 2 heterocycles. The predicted octanol–water partition coefficient (Wildman–Crippen LogP) is 1.24. The van der Waals surface area contributed by atoms with Crippen molar-refractivity contribution in [3.05, 3.63) is 28.5 Å². The number of rotatable bonds is 2. The standard InChI is InChI=1S/C8H6Cl2N4O2S/c9-4-3-5-1-2-6-12-7(10)8(14(6)13-5)17(11,15)16/h1-4H,(H2,11,15,16)/b4-3-. The van der Waals surface area contributed by atoms with Crippen LogP contribution in [-0.2, 0) is 10.0 Å². The Balaban J connectivity index is 2.83. The number of sulfonamides is 1. The molecule has 0 amide bonds. The topological polar surface area (TPSA) is 90.4 Å². The van der Waals surface area contributed by atoms with Gasteiger partial charge in [0, 0.05) is 5.54 Å². The van der Waals surface area contributed by atoms with Crippen molar-refractivity contribution in [1.29, 1.82) is 0 Å². The van der Waals surface area contributed by atoms with Gasteiger partial charge in [-0.1, -0.05) is 23.2 Å². The van der Waals surface area contributed by atoms with Crippen molar-refractivity contribution in [2.45, 2.75) is 5.03 Å². The van der Waals surface area contributed by atoms with E-state index in [0.29, 0.717) is 5.69 Å². The lowest BCUT2D eigenvalue weighted by Gasteiger charge is -1.99. The SMILES string of the molecule is NS(=O)(=O)c1c(Cl)nc2ccc(/C=C\Cl)nn12. The quantitative estimate of drug-likeness (QED) is 0.902. The molecule has 2 aromatic heterocycles. The molecule has 9 heteroatoms. The third-order valence-electron chi connectivity index (χ3n) is 1.92. The third-order valence-corrected chi connectivity index (χ3v) is 3.33. The van der Waals surface area contributed by atoms with Crippen LogP contribution in [0.3, 0.4) is 0 Å². The Hall–Kier alpha value is -1.15. The number of imidazole rings is 1. The van der Waals surface area contributed by atoms with E-state index in [1.807, 2.05) is 0 Å². The molecule has 0 unspecified atom stereocenters. The Morgan fingerprint density at radius 1 is 1.41 bits per heavy atom. The van der Waals surface area contributed by atoms with E-state index in [0.717, 1.165) is 4.52 Å². The fourth-order valence-corrected chi connectivity index (χ4v) is 2.57. The van der Waals surface area contributed by atoms with E-state index in [9.17, 15) is 8.42 Å². The van der Waals surface area contributed by atoms with Crippen molar-refractivity contribution in [1.82, 2.24) is 14.6 Å². The van der Waals surface area contributed by atoms with Gasteiger partial charge in [-0.25, -0.2) is 18.5 Å². The smallest absolute Gasteiger partial charge is 0.223 e. The molecule has 0 aromatic carbocycles. The lowest BCUT2D eigenvalue weighted by molar-refractivity contribution is 0.590. The van der Waals surface area contributed by atoms with Gasteiger partial charge in [-0.2, -0.15) is 9.61 Å². The lowest BCUT2D eigenvalue weighted by atomic mass is 10.4. The van der Waals surface area contributed by atoms with Crippen LogP contribution in [0.2, 0.25) is 5.15 Å². The van der Waals surface area contributed by atoms with Gasteiger partial charge in [0.2, 0.25) is 5.03 Å². The summed E-state index contributed by atoms with van der Waals surface area (Å²) in [6.07, 6.45) is 1.49. The molecule has 2 aromatic rings. The van der Waals surface area contributed by atoms with E-state index in [1.54, 1.807) is 12.1 Å². The highest BCUT2D eigenvalue weighted by molar-refractivity contribution is 7.89. The zero-order valence-corrected chi connectivity index (χ0v) is 10.5. The highest BCUT2D eigenvalue weighted by Gasteiger charge is 2.21. The van der Waals surface area contributed by atoms with Gasteiger partial charge < -0.3 is 0 Å². The van der Waals surface area contributed by atoms with E-state index in [1.165, 1.54) is 11.6 Å². The Labute approximate surface area is 107 Å². The Morgan fingerprint density at radius 3 is 2.71 bits per heavy atom. The van der Waals surface area contributed by atoms with Gasteiger partial charge in [0.05, 0.1) is 5.69 Å². The molecule has 17 heavy (non-hydrogen) atoms. The highest BCUT2D eigenvalue weighted by atomic mass is 35.5. The van der Waals surface area contributed by atoms with Crippen molar-refractivity contribution < 1.29 is 8.42 Å². The molecule has 0 saturated carbocycles. The molecule has 2 rings (SSSR count). The molecule has 0 saturated heterocycles. The number of hydrogen-bond acceptors (Lipinski definition) is 4. The summed E-state index contributed by atoms with van der Waals surface area (Å²) in [6, 6.07) is 3.17. The maximum absolute atomic E-state index is 11.3. The molecule has 0 spiro atoms. The van der Waals surface area contributed by atoms with Crippen molar-refractivity contribution in [2.75, 3.05) is 0 Å². The second-order valence-electron chi connectivity index (χ2n) is 3.07. The number of hydrogen-bond donors (Lipinski definition) is 1. The lowest BCUT2D eigenvalue weighted by Crippen LogP contribution is -2.16. The van der Waals surface area contributed by atoms with Gasteiger partial charge >= 0.3 is 0 Å². The van der Waals surface area contributed by atoms with Crippen LogP contribution in [0.15, 0.2) is 22.7 Å². The molecular formula is C8H6Cl2N4O2S. The van der Waals surface area contributed by atoms with E-state index in [4.69, 9.17) is 28.3 Å². The van der Waals surface area contributed by atoms with Crippen molar-refractivity contribution in [2.24, 2.45) is 5.14 Å². The Bertz CT molecular complexity index is 708. The summed E-state index contributed by atoms with van der Waals surface area (Å²) in [5.41, 5.74) is 1.99. The maximum atomic E-state index is 11.3. The molecule has 90 valence electrons. The van der Waals surface area contributed by atoms with Crippen LogP contribution in [0.25, 0.3) is 11.7 Å². The molecule has 0 aliphatic carbocycles. The van der Waals surface area contributed by atoms with Gasteiger partial charge in [0.15, 0.2) is 10.8 Å². The molecule has 0 fully saturated rings. The molecule has 6 nitrogen and oxygen atoms in total. The van der Waals surface area contributed by atoms with Gasteiger partial charge in [-0.05, 0) is 18.2 Å². The molecule has 0 aliphatic rings. The molecule has 0 radical (unpaired) electrons. The van der Waals surface area contributed by atoms with Gasteiger partial charge in [-0.3, -0.25) is 0 Å². The van der Waals surface area contributed by atoms with Crippen LogP contribution < -0.4 is 5.14 Å². The van der Waals surface area contributed by atoms with E-state index in [2.05, 4.69) is 10.1 Å². The second-order valence-corrected chi connectivity index (χ2v) is 5.16. The molecule has 2 N–H and O–H groups in total. The first-order chi connectivity index (χ1) is 7.93. The van der Waals surface area contributed by atoms with Crippen LogP contribution in [-0.4, -0.2) is 23.0 Å². The normalized spacial score (nSPS) is 12.6. The van der Waals surface area contributed by atoms with Gasteiger partial charge in [-0.15, -0.1) is 0 Å². The highest BCUT2D eigenvalue weighted by Crippen LogP contribution is 2.20. The zero-order chi connectivity index (χ0) is 12.6. The Kier molecular flexibility index (Phi) is 3.09. The van der Waals surface area contributed by atoms with Crippen molar-refractivity contribution >= 4 is 44.9 Å². The fourth-order valence-electron chi connectivity index (χ4n) is 1.29. The maximum Gasteiger partial charge on any atom is 0.258 e. The summed E-state index contributed by atoms with van der Waals surface area (Å²) in [5, 5.41) is 8.46. The third kappa shape index (κ3) is 2.27. The van der Waals surface area contributed by atoms with E-state index in [-0.39, 0.29) is 15.8 Å². The summed E-state index contributed by atoms with van der Waals surface area (Å²) in [4.78, 5) is 3.83. The first kappa shape index (κ1) is 12.3. The van der Waals surface area contributed by atoms with Gasteiger partial charge in [0.25, 0.3) is 10.0 Å². The molecular weight excluding hydrogens is 287 g/mol. The number of aromatic nitrogens is 3. The average Bonchev–Trinajstić information content (AvgIpc) is 2.53. The number of fused-ring (bicyclic) bond motifs is 1. The number of halogens is 2. The number of nitrogens with two attached hydrogens (primary N) is 1. The van der Waals surface area contributed by atoms with Crippen molar-refractivity contribution in [3.8, 4) is 0 Å².